The van der Waals surface area contributed by atoms with Gasteiger partial charge >= 0.3 is 0 Å². The largest absolute Gasteiger partial charge is 0.485 e. The molecule has 1 heterocycles. The number of fused-ring (bicyclic) bond motifs is 1. The van der Waals surface area contributed by atoms with Crippen molar-refractivity contribution in [2.24, 2.45) is 0 Å². The fourth-order valence-corrected chi connectivity index (χ4v) is 3.80. The molecule has 2 unspecified atom stereocenters. The van der Waals surface area contributed by atoms with Crippen LogP contribution < -0.4 is 10.1 Å². The molecule has 1 N–H and O–H groups in total. The molecule has 0 saturated carbocycles. The predicted molar refractivity (Wildman–Crippen MR) is 93.1 cm³/mol. The molecule has 110 valence electrons. The monoisotopic (exact) mass is 429 g/mol. The third-order valence-electron chi connectivity index (χ3n) is 3.73. The molecule has 0 fully saturated rings. The average molecular weight is 432 g/mol. The van der Waals surface area contributed by atoms with E-state index in [-0.39, 0.29) is 12.1 Å². The fraction of sp³-hybridized carbons (Fsp3) is 0.250. The van der Waals surface area contributed by atoms with Gasteiger partial charge in [-0.2, -0.15) is 0 Å². The molecule has 2 aromatic rings. The minimum absolute atomic E-state index is 0.0511. The molecule has 2 atom stereocenters. The highest BCUT2D eigenvalue weighted by Crippen LogP contribution is 2.43. The van der Waals surface area contributed by atoms with Gasteiger partial charge in [-0.15, -0.1) is 0 Å². The quantitative estimate of drug-likeness (QED) is 0.664. The van der Waals surface area contributed by atoms with Gasteiger partial charge in [0.25, 0.3) is 0 Å². The summed E-state index contributed by atoms with van der Waals surface area (Å²) in [5.41, 5.74) is 2.20. The molecule has 0 bridgehead atoms. The molecule has 0 radical (unpaired) electrons. The third-order valence-corrected chi connectivity index (χ3v) is 5.04. The van der Waals surface area contributed by atoms with E-state index in [0.717, 1.165) is 31.7 Å². The summed E-state index contributed by atoms with van der Waals surface area (Å²) in [7, 11) is 1.97. The van der Waals surface area contributed by atoms with Crippen LogP contribution in [0.25, 0.3) is 0 Å². The smallest absolute Gasteiger partial charge is 0.127 e. The molecule has 1 aliphatic heterocycles. The fourth-order valence-electron chi connectivity index (χ4n) is 2.67. The Bertz CT molecular complexity index is 677. The lowest BCUT2D eigenvalue weighted by atomic mass is 9.93. The second kappa shape index (κ2) is 6.29. The van der Waals surface area contributed by atoms with Gasteiger partial charge in [-0.1, -0.05) is 55.6 Å². The Morgan fingerprint density at radius 1 is 1.10 bits per heavy atom. The van der Waals surface area contributed by atoms with Crippen LogP contribution in [0.15, 0.2) is 45.3 Å². The minimum atomic E-state index is -0.0511. The zero-order chi connectivity index (χ0) is 15.0. The lowest BCUT2D eigenvalue weighted by molar-refractivity contribution is 0.154. The SMILES string of the molecule is CNC1CC(c2ccc(Br)cc2Cl)Oc2cc(Br)ccc21. The molecule has 0 aliphatic carbocycles. The number of hydrogen-bond acceptors (Lipinski definition) is 2. The zero-order valence-electron chi connectivity index (χ0n) is 11.4. The molecule has 5 heteroatoms. The molecular formula is C16H14Br2ClNO. The molecular weight excluding hydrogens is 417 g/mol. The zero-order valence-corrected chi connectivity index (χ0v) is 15.3. The molecule has 1 aliphatic rings. The van der Waals surface area contributed by atoms with Crippen LogP contribution in [-0.4, -0.2) is 7.05 Å². The van der Waals surface area contributed by atoms with E-state index in [2.05, 4.69) is 43.2 Å². The van der Waals surface area contributed by atoms with Crippen molar-refractivity contribution in [3.05, 3.63) is 61.5 Å². The average Bonchev–Trinajstić information content (AvgIpc) is 2.45. The van der Waals surface area contributed by atoms with E-state index in [1.54, 1.807) is 0 Å². The molecule has 0 aromatic heterocycles. The Kier molecular flexibility index (Phi) is 4.60. The third kappa shape index (κ3) is 3.14. The summed E-state index contributed by atoms with van der Waals surface area (Å²) in [6, 6.07) is 12.3. The molecule has 21 heavy (non-hydrogen) atoms. The number of halogens is 3. The lowest BCUT2D eigenvalue weighted by Crippen LogP contribution is -2.26. The van der Waals surface area contributed by atoms with E-state index in [4.69, 9.17) is 16.3 Å². The summed E-state index contributed by atoms with van der Waals surface area (Å²) < 4.78 is 8.17. The van der Waals surface area contributed by atoms with Crippen LogP contribution in [0.3, 0.4) is 0 Å². The Balaban J connectivity index is 1.99. The number of benzene rings is 2. The second-order valence-corrected chi connectivity index (χ2v) is 7.27. The first kappa shape index (κ1) is 15.3. The predicted octanol–water partition coefficient (Wildman–Crippen LogP) is 5.65. The first-order chi connectivity index (χ1) is 10.1. The van der Waals surface area contributed by atoms with Crippen LogP contribution in [0.1, 0.15) is 29.7 Å². The van der Waals surface area contributed by atoms with Crippen molar-refractivity contribution >= 4 is 43.5 Å². The van der Waals surface area contributed by atoms with Gasteiger partial charge in [-0.05, 0) is 31.3 Å². The van der Waals surface area contributed by atoms with Crippen LogP contribution in [0.4, 0.5) is 0 Å². The van der Waals surface area contributed by atoms with Crippen LogP contribution in [0.2, 0.25) is 5.02 Å². The number of nitrogens with one attached hydrogen (secondary N) is 1. The summed E-state index contributed by atoms with van der Waals surface area (Å²) in [6.45, 7) is 0. The molecule has 0 saturated heterocycles. The van der Waals surface area contributed by atoms with Crippen molar-refractivity contribution in [2.45, 2.75) is 18.6 Å². The highest BCUT2D eigenvalue weighted by Gasteiger charge is 2.29. The summed E-state index contributed by atoms with van der Waals surface area (Å²) >= 11 is 13.3. The maximum absolute atomic E-state index is 6.37. The van der Waals surface area contributed by atoms with E-state index in [1.165, 1.54) is 5.56 Å². The number of rotatable bonds is 2. The van der Waals surface area contributed by atoms with Crippen LogP contribution in [0, 0.1) is 0 Å². The van der Waals surface area contributed by atoms with E-state index < -0.39 is 0 Å². The van der Waals surface area contributed by atoms with Crippen molar-refractivity contribution in [3.8, 4) is 5.75 Å². The van der Waals surface area contributed by atoms with Crippen molar-refractivity contribution in [3.63, 3.8) is 0 Å². The molecule has 0 amide bonds. The molecule has 2 aromatic carbocycles. The van der Waals surface area contributed by atoms with Crippen molar-refractivity contribution in [1.29, 1.82) is 0 Å². The number of ether oxygens (including phenoxy) is 1. The van der Waals surface area contributed by atoms with E-state index >= 15 is 0 Å². The van der Waals surface area contributed by atoms with Crippen LogP contribution in [0.5, 0.6) is 5.75 Å². The first-order valence-electron chi connectivity index (χ1n) is 6.67. The van der Waals surface area contributed by atoms with Gasteiger partial charge in [0.1, 0.15) is 11.9 Å². The van der Waals surface area contributed by atoms with Crippen LogP contribution in [-0.2, 0) is 0 Å². The van der Waals surface area contributed by atoms with E-state index in [9.17, 15) is 0 Å². The summed E-state index contributed by atoms with van der Waals surface area (Å²) in [5, 5.41) is 4.09. The van der Waals surface area contributed by atoms with Gasteiger partial charge < -0.3 is 10.1 Å². The lowest BCUT2D eigenvalue weighted by Gasteiger charge is -2.33. The summed E-state index contributed by atoms with van der Waals surface area (Å²) in [4.78, 5) is 0. The summed E-state index contributed by atoms with van der Waals surface area (Å²) in [5.74, 6) is 0.902. The molecule has 0 spiro atoms. The van der Waals surface area contributed by atoms with Gasteiger partial charge in [0.05, 0.1) is 0 Å². The number of hydrogen-bond donors (Lipinski definition) is 1. The van der Waals surface area contributed by atoms with Crippen LogP contribution >= 0.6 is 43.5 Å². The standard InChI is InChI=1S/C16H14Br2ClNO/c1-20-14-8-16(11-4-2-9(17)6-13(11)19)21-15-7-10(18)3-5-12(14)15/h2-7,14,16,20H,8H2,1H3. The minimum Gasteiger partial charge on any atom is -0.485 e. The van der Waals surface area contributed by atoms with E-state index in [1.807, 2.05) is 37.4 Å². The van der Waals surface area contributed by atoms with Gasteiger partial charge in [0.15, 0.2) is 0 Å². The molecule has 3 rings (SSSR count). The Morgan fingerprint density at radius 3 is 2.43 bits per heavy atom. The Morgan fingerprint density at radius 2 is 1.76 bits per heavy atom. The Labute approximate surface area is 146 Å². The van der Waals surface area contributed by atoms with Crippen molar-refractivity contribution < 1.29 is 4.74 Å². The van der Waals surface area contributed by atoms with Crippen molar-refractivity contribution in [2.75, 3.05) is 7.05 Å². The highest BCUT2D eigenvalue weighted by molar-refractivity contribution is 9.10. The summed E-state index contributed by atoms with van der Waals surface area (Å²) in [6.07, 6.45) is 0.803. The maximum Gasteiger partial charge on any atom is 0.127 e. The first-order valence-corrected chi connectivity index (χ1v) is 8.63. The van der Waals surface area contributed by atoms with Gasteiger partial charge in [0, 0.05) is 37.6 Å². The normalized spacial score (nSPS) is 20.8. The van der Waals surface area contributed by atoms with Gasteiger partial charge in [-0.3, -0.25) is 0 Å². The van der Waals surface area contributed by atoms with Crippen molar-refractivity contribution in [1.82, 2.24) is 5.32 Å². The topological polar surface area (TPSA) is 21.3 Å². The second-order valence-electron chi connectivity index (χ2n) is 5.03. The van der Waals surface area contributed by atoms with E-state index in [0.29, 0.717) is 0 Å². The highest BCUT2D eigenvalue weighted by atomic mass is 79.9. The van der Waals surface area contributed by atoms with Gasteiger partial charge in [-0.25, -0.2) is 0 Å². The maximum atomic E-state index is 6.37. The van der Waals surface area contributed by atoms with Gasteiger partial charge in [0.2, 0.25) is 0 Å². The Hall–Kier alpha value is -0.550. The molecule has 2 nitrogen and oxygen atoms in total.